The summed E-state index contributed by atoms with van der Waals surface area (Å²) in [5, 5.41) is 20.1. The zero-order valence-electron chi connectivity index (χ0n) is 12.2. The van der Waals surface area contributed by atoms with Gasteiger partial charge in [0, 0.05) is 24.8 Å². The number of ether oxygens (including phenoxy) is 1. The summed E-state index contributed by atoms with van der Waals surface area (Å²) in [7, 11) is 0. The molecule has 7 heteroatoms. The molecule has 0 bridgehead atoms. The summed E-state index contributed by atoms with van der Waals surface area (Å²) >= 11 is 0. The number of nitrogens with one attached hydrogen (secondary N) is 1. The van der Waals surface area contributed by atoms with Gasteiger partial charge in [0.1, 0.15) is 11.8 Å². The quantitative estimate of drug-likeness (QED) is 0.605. The van der Waals surface area contributed by atoms with Crippen molar-refractivity contribution in [3.63, 3.8) is 0 Å². The molecule has 0 saturated carbocycles. The van der Waals surface area contributed by atoms with Gasteiger partial charge < -0.3 is 15.2 Å². The van der Waals surface area contributed by atoms with Crippen LogP contribution in [0.1, 0.15) is 30.6 Å². The Balaban J connectivity index is 2.88. The molecule has 2 N–H and O–H groups in total. The van der Waals surface area contributed by atoms with E-state index in [1.807, 2.05) is 6.07 Å². The van der Waals surface area contributed by atoms with Crippen molar-refractivity contribution in [3.8, 4) is 11.8 Å². The Morgan fingerprint density at radius 1 is 1.41 bits per heavy atom. The second-order valence-electron chi connectivity index (χ2n) is 4.75. The van der Waals surface area contributed by atoms with E-state index >= 15 is 0 Å². The summed E-state index contributed by atoms with van der Waals surface area (Å²) in [6.45, 7) is 2.80. The van der Waals surface area contributed by atoms with Gasteiger partial charge in [-0.05, 0) is 18.2 Å². The third kappa shape index (κ3) is 4.90. The average molecular weight is 304 g/mol. The third-order valence-corrected chi connectivity index (χ3v) is 2.89. The van der Waals surface area contributed by atoms with Gasteiger partial charge in [-0.1, -0.05) is 13.0 Å². The smallest absolute Gasteiger partial charge is 0.326 e. The first-order chi connectivity index (χ1) is 10.3. The minimum absolute atomic E-state index is 0.00470. The zero-order chi connectivity index (χ0) is 16.7. The first-order valence-electron chi connectivity index (χ1n) is 6.54. The van der Waals surface area contributed by atoms with Crippen LogP contribution in [0.4, 0.5) is 0 Å². The van der Waals surface area contributed by atoms with Crippen molar-refractivity contribution in [2.45, 2.75) is 26.3 Å². The van der Waals surface area contributed by atoms with Gasteiger partial charge in [0.25, 0.3) is 5.91 Å². The molecule has 0 fully saturated rings. The van der Waals surface area contributed by atoms with Crippen molar-refractivity contribution in [3.05, 3.63) is 29.8 Å². The Kier molecular flexibility index (Phi) is 6.08. The highest BCUT2D eigenvalue weighted by Gasteiger charge is 2.26. The number of amides is 1. The average Bonchev–Trinajstić information content (AvgIpc) is 2.43. The molecule has 116 valence electrons. The first kappa shape index (κ1) is 17.2. The number of nitrogens with zero attached hydrogens (tertiary/aromatic N) is 1. The lowest BCUT2D eigenvalue weighted by molar-refractivity contribution is -0.140. The van der Waals surface area contributed by atoms with Gasteiger partial charge in [-0.2, -0.15) is 5.26 Å². The third-order valence-electron chi connectivity index (χ3n) is 2.89. The van der Waals surface area contributed by atoms with Crippen LogP contribution in [0.25, 0.3) is 0 Å². The molecule has 1 aromatic carbocycles. The topological polar surface area (TPSA) is 116 Å². The van der Waals surface area contributed by atoms with Gasteiger partial charge in [-0.15, -0.1) is 0 Å². The number of carbonyl (C=O) groups is 3. The number of carboxylic acids is 1. The van der Waals surface area contributed by atoms with Gasteiger partial charge in [-0.3, -0.25) is 9.59 Å². The Morgan fingerprint density at radius 3 is 2.64 bits per heavy atom. The normalized spacial score (nSPS) is 12.6. The molecule has 2 atom stereocenters. The minimum Gasteiger partial charge on any atom is -0.480 e. The highest BCUT2D eigenvalue weighted by atomic mass is 16.5. The van der Waals surface area contributed by atoms with Crippen LogP contribution in [0.3, 0.4) is 0 Å². The van der Waals surface area contributed by atoms with E-state index in [2.05, 4.69) is 5.32 Å². The summed E-state index contributed by atoms with van der Waals surface area (Å²) in [6.07, 6.45) is 0.00470. The van der Waals surface area contributed by atoms with Crippen LogP contribution < -0.4 is 10.1 Å². The number of aliphatic carboxylic acids is 1. The summed E-state index contributed by atoms with van der Waals surface area (Å²) in [4.78, 5) is 34.2. The van der Waals surface area contributed by atoms with E-state index < -0.39 is 29.8 Å². The lowest BCUT2D eigenvalue weighted by Crippen LogP contribution is -2.45. The minimum atomic E-state index is -1.22. The number of esters is 1. The number of rotatable bonds is 6. The first-order valence-corrected chi connectivity index (χ1v) is 6.54. The highest BCUT2D eigenvalue weighted by molar-refractivity contribution is 5.97. The lowest BCUT2D eigenvalue weighted by Gasteiger charge is -2.19. The molecule has 0 radical (unpaired) electrons. The molecule has 1 aromatic rings. The zero-order valence-corrected chi connectivity index (χ0v) is 12.2. The molecule has 0 saturated heterocycles. The fourth-order valence-electron chi connectivity index (χ4n) is 1.80. The fourth-order valence-corrected chi connectivity index (χ4v) is 1.80. The largest absolute Gasteiger partial charge is 0.480 e. The standard InChI is InChI=1S/C15H16N2O5/c1-9(6-7-16)13(15(20)21)17-14(19)11-4-3-5-12(8-11)22-10(2)18/h3-5,8-9,13H,6H2,1-2H3,(H,17,19)(H,20,21)/t9-,13-/m1/s1. The monoisotopic (exact) mass is 304 g/mol. The number of nitriles is 1. The molecule has 0 heterocycles. The van der Waals surface area contributed by atoms with Crippen LogP contribution in [0, 0.1) is 17.2 Å². The van der Waals surface area contributed by atoms with Gasteiger partial charge in [0.15, 0.2) is 0 Å². The molecule has 0 aliphatic carbocycles. The van der Waals surface area contributed by atoms with E-state index in [9.17, 15) is 14.4 Å². The fraction of sp³-hybridized carbons (Fsp3) is 0.333. The molecule has 1 rings (SSSR count). The van der Waals surface area contributed by atoms with Gasteiger partial charge in [-0.25, -0.2) is 4.79 Å². The van der Waals surface area contributed by atoms with Crippen molar-refractivity contribution >= 4 is 17.8 Å². The van der Waals surface area contributed by atoms with Crippen LogP contribution in [0.15, 0.2) is 24.3 Å². The molecule has 1 amide bonds. The molecular formula is C15H16N2O5. The van der Waals surface area contributed by atoms with E-state index in [0.717, 1.165) is 0 Å². The maximum atomic E-state index is 12.1. The highest BCUT2D eigenvalue weighted by Crippen LogP contribution is 2.15. The number of benzene rings is 1. The molecule has 7 nitrogen and oxygen atoms in total. The predicted molar refractivity (Wildman–Crippen MR) is 76.0 cm³/mol. The van der Waals surface area contributed by atoms with E-state index in [1.165, 1.54) is 31.2 Å². The number of hydrogen-bond acceptors (Lipinski definition) is 5. The summed E-state index contributed by atoms with van der Waals surface area (Å²) < 4.78 is 4.87. The molecule has 22 heavy (non-hydrogen) atoms. The Hall–Kier alpha value is -2.88. The van der Waals surface area contributed by atoms with Crippen molar-refractivity contribution < 1.29 is 24.2 Å². The van der Waals surface area contributed by atoms with E-state index in [1.54, 1.807) is 6.92 Å². The summed E-state index contributed by atoms with van der Waals surface area (Å²) in [5.41, 5.74) is 0.161. The maximum Gasteiger partial charge on any atom is 0.326 e. The van der Waals surface area contributed by atoms with Crippen molar-refractivity contribution in [2.75, 3.05) is 0 Å². The van der Waals surface area contributed by atoms with E-state index in [0.29, 0.717) is 0 Å². The number of carboxylic acid groups (broad SMARTS) is 1. The predicted octanol–water partition coefficient (Wildman–Crippen LogP) is 1.34. The molecule has 0 unspecified atom stereocenters. The Bertz CT molecular complexity index is 621. The van der Waals surface area contributed by atoms with Gasteiger partial charge >= 0.3 is 11.9 Å². The number of carbonyl (C=O) groups excluding carboxylic acids is 2. The maximum absolute atomic E-state index is 12.1. The second-order valence-corrected chi connectivity index (χ2v) is 4.75. The second kappa shape index (κ2) is 7.78. The van der Waals surface area contributed by atoms with Crippen LogP contribution in [0.5, 0.6) is 5.75 Å². The summed E-state index contributed by atoms with van der Waals surface area (Å²) in [6, 6.07) is 6.53. The van der Waals surface area contributed by atoms with Crippen LogP contribution >= 0.6 is 0 Å². The van der Waals surface area contributed by atoms with Gasteiger partial charge in [0.05, 0.1) is 6.07 Å². The Labute approximate surface area is 127 Å². The molecule has 0 aliphatic heterocycles. The summed E-state index contributed by atoms with van der Waals surface area (Å²) in [5.74, 6) is -2.71. The molecular weight excluding hydrogens is 288 g/mol. The van der Waals surface area contributed by atoms with E-state index in [4.69, 9.17) is 15.1 Å². The van der Waals surface area contributed by atoms with E-state index in [-0.39, 0.29) is 17.7 Å². The Morgan fingerprint density at radius 2 is 2.09 bits per heavy atom. The lowest BCUT2D eigenvalue weighted by atomic mass is 9.98. The van der Waals surface area contributed by atoms with Crippen molar-refractivity contribution in [1.29, 1.82) is 5.26 Å². The molecule has 0 spiro atoms. The van der Waals surface area contributed by atoms with Crippen LogP contribution in [0.2, 0.25) is 0 Å². The molecule has 0 aromatic heterocycles. The SMILES string of the molecule is CC(=O)Oc1cccc(C(=O)N[C@@H](C(=O)O)[C@H](C)CC#N)c1. The number of hydrogen-bond donors (Lipinski definition) is 2. The van der Waals surface area contributed by atoms with Crippen molar-refractivity contribution in [1.82, 2.24) is 5.32 Å². The molecule has 0 aliphatic rings. The van der Waals surface area contributed by atoms with Crippen molar-refractivity contribution in [2.24, 2.45) is 5.92 Å². The van der Waals surface area contributed by atoms with Crippen LogP contribution in [-0.2, 0) is 9.59 Å². The van der Waals surface area contributed by atoms with Gasteiger partial charge in [0.2, 0.25) is 0 Å². The van der Waals surface area contributed by atoms with Crippen LogP contribution in [-0.4, -0.2) is 29.0 Å².